The van der Waals surface area contributed by atoms with Gasteiger partial charge in [0.1, 0.15) is 6.04 Å². The number of carbonyl (C=O) groups is 2. The van der Waals surface area contributed by atoms with Gasteiger partial charge in [-0.2, -0.15) is 0 Å². The molecule has 3 aliphatic rings. The fourth-order valence-corrected chi connectivity index (χ4v) is 4.06. The molecular formula is C12H20ClN3O2S. The van der Waals surface area contributed by atoms with Crippen molar-refractivity contribution in [3.05, 3.63) is 0 Å². The number of likely N-dealkylation sites (N-methyl/N-ethyl adjacent to an activating group) is 1. The summed E-state index contributed by atoms with van der Waals surface area (Å²) < 4.78 is 0. The Kier molecular flexibility index (Phi) is 4.63. The van der Waals surface area contributed by atoms with E-state index >= 15 is 0 Å². The van der Waals surface area contributed by atoms with E-state index in [4.69, 9.17) is 0 Å². The molecule has 3 fully saturated rings. The standard InChI is InChI=1S/C12H19N3O2S.ClH/c1-15(11(16)10-6-18-12(17)14-10)9-4-7-2-3-8(5-9)13-7;/h7-10,13H,2-6H2,1H3,(H,14,17);1H/t7?,8?,9?,10-;/m0./s1. The third kappa shape index (κ3) is 3.01. The van der Waals surface area contributed by atoms with Gasteiger partial charge in [-0.3, -0.25) is 9.59 Å². The maximum absolute atomic E-state index is 12.3. The van der Waals surface area contributed by atoms with Crippen LogP contribution in [0, 0.1) is 0 Å². The second kappa shape index (κ2) is 5.89. The number of rotatable bonds is 2. The smallest absolute Gasteiger partial charge is 0.279 e. The monoisotopic (exact) mass is 305 g/mol. The largest absolute Gasteiger partial charge is 0.341 e. The van der Waals surface area contributed by atoms with Gasteiger partial charge in [0.25, 0.3) is 5.24 Å². The van der Waals surface area contributed by atoms with Gasteiger partial charge in [0.15, 0.2) is 0 Å². The van der Waals surface area contributed by atoms with Crippen LogP contribution in [0.25, 0.3) is 0 Å². The van der Waals surface area contributed by atoms with E-state index in [0.717, 1.165) is 12.8 Å². The molecule has 0 aliphatic carbocycles. The molecule has 3 aliphatic heterocycles. The first-order chi connectivity index (χ1) is 8.63. The lowest BCUT2D eigenvalue weighted by Crippen LogP contribution is -2.53. The molecule has 3 saturated heterocycles. The lowest BCUT2D eigenvalue weighted by molar-refractivity contribution is -0.134. The third-order valence-corrected chi connectivity index (χ3v) is 5.19. The summed E-state index contributed by atoms with van der Waals surface area (Å²) >= 11 is 1.20. The number of hydrogen-bond donors (Lipinski definition) is 2. The fourth-order valence-electron chi connectivity index (χ4n) is 3.29. The van der Waals surface area contributed by atoms with Crippen LogP contribution in [0.1, 0.15) is 25.7 Å². The maximum Gasteiger partial charge on any atom is 0.279 e. The van der Waals surface area contributed by atoms with Gasteiger partial charge in [0, 0.05) is 30.9 Å². The molecule has 0 aromatic rings. The van der Waals surface area contributed by atoms with E-state index in [1.165, 1.54) is 24.6 Å². The Labute approximate surface area is 123 Å². The highest BCUT2D eigenvalue weighted by Crippen LogP contribution is 2.29. The zero-order valence-electron chi connectivity index (χ0n) is 10.9. The minimum absolute atomic E-state index is 0. The van der Waals surface area contributed by atoms with Crippen molar-refractivity contribution in [1.82, 2.24) is 15.5 Å². The molecule has 2 unspecified atom stereocenters. The number of hydrogen-bond acceptors (Lipinski definition) is 4. The van der Waals surface area contributed by atoms with Crippen LogP contribution >= 0.6 is 24.2 Å². The Morgan fingerprint density at radius 3 is 2.47 bits per heavy atom. The Morgan fingerprint density at radius 2 is 1.95 bits per heavy atom. The number of thioether (sulfide) groups is 1. The molecule has 2 bridgehead atoms. The first-order valence-electron chi connectivity index (χ1n) is 6.59. The van der Waals surface area contributed by atoms with E-state index < -0.39 is 0 Å². The second-order valence-corrected chi connectivity index (χ2v) is 6.50. The molecule has 2 N–H and O–H groups in total. The molecule has 0 aromatic carbocycles. The van der Waals surface area contributed by atoms with Crippen LogP contribution in [0.4, 0.5) is 4.79 Å². The molecule has 2 amide bonds. The first-order valence-corrected chi connectivity index (χ1v) is 7.58. The van der Waals surface area contributed by atoms with Gasteiger partial charge in [-0.05, 0) is 25.7 Å². The van der Waals surface area contributed by atoms with E-state index in [1.54, 1.807) is 0 Å². The summed E-state index contributed by atoms with van der Waals surface area (Å²) in [7, 11) is 1.88. The fraction of sp³-hybridized carbons (Fsp3) is 0.833. The predicted octanol–water partition coefficient (Wildman–Crippen LogP) is 0.975. The molecule has 3 rings (SSSR count). The lowest BCUT2D eigenvalue weighted by atomic mass is 9.98. The van der Waals surface area contributed by atoms with Crippen LogP contribution in [0.3, 0.4) is 0 Å². The summed E-state index contributed by atoms with van der Waals surface area (Å²) in [5.41, 5.74) is 0. The minimum Gasteiger partial charge on any atom is -0.341 e. The second-order valence-electron chi connectivity index (χ2n) is 5.51. The SMILES string of the molecule is CN(C(=O)[C@@H]1CSC(=O)N1)C1CC2CCC(C1)N2.Cl. The van der Waals surface area contributed by atoms with Gasteiger partial charge in [-0.25, -0.2) is 0 Å². The van der Waals surface area contributed by atoms with Crippen molar-refractivity contribution < 1.29 is 9.59 Å². The van der Waals surface area contributed by atoms with Crippen molar-refractivity contribution in [2.75, 3.05) is 12.8 Å². The highest BCUT2D eigenvalue weighted by atomic mass is 35.5. The number of amides is 2. The lowest BCUT2D eigenvalue weighted by Gasteiger charge is -2.36. The molecular weight excluding hydrogens is 286 g/mol. The van der Waals surface area contributed by atoms with Crippen molar-refractivity contribution in [2.45, 2.75) is 49.9 Å². The molecule has 5 nitrogen and oxygen atoms in total. The highest BCUT2D eigenvalue weighted by Gasteiger charge is 2.39. The minimum atomic E-state index is -0.319. The van der Waals surface area contributed by atoms with Gasteiger partial charge in [0.05, 0.1) is 0 Å². The van der Waals surface area contributed by atoms with Crippen LogP contribution < -0.4 is 10.6 Å². The van der Waals surface area contributed by atoms with Gasteiger partial charge >= 0.3 is 0 Å². The Morgan fingerprint density at radius 1 is 1.32 bits per heavy atom. The summed E-state index contributed by atoms with van der Waals surface area (Å²) in [5.74, 6) is 0.638. The molecule has 0 spiro atoms. The summed E-state index contributed by atoms with van der Waals surface area (Å²) in [4.78, 5) is 25.3. The van der Waals surface area contributed by atoms with Gasteiger partial charge in [-0.1, -0.05) is 11.8 Å². The Balaban J connectivity index is 0.00000133. The van der Waals surface area contributed by atoms with Crippen LogP contribution in [-0.2, 0) is 4.79 Å². The number of halogens is 1. The normalized spacial score (nSPS) is 36.6. The van der Waals surface area contributed by atoms with Crippen LogP contribution in [-0.4, -0.2) is 53.0 Å². The van der Waals surface area contributed by atoms with Crippen LogP contribution in [0.5, 0.6) is 0 Å². The third-order valence-electron chi connectivity index (χ3n) is 4.31. The number of fused-ring (bicyclic) bond motifs is 2. The molecule has 3 heterocycles. The predicted molar refractivity (Wildman–Crippen MR) is 77.8 cm³/mol. The molecule has 19 heavy (non-hydrogen) atoms. The molecule has 0 saturated carbocycles. The number of nitrogens with one attached hydrogen (secondary N) is 2. The molecule has 7 heteroatoms. The quantitative estimate of drug-likeness (QED) is 0.798. The van der Waals surface area contributed by atoms with E-state index in [0.29, 0.717) is 23.9 Å². The molecule has 0 aromatic heterocycles. The van der Waals surface area contributed by atoms with E-state index in [9.17, 15) is 9.59 Å². The van der Waals surface area contributed by atoms with E-state index in [2.05, 4.69) is 10.6 Å². The average Bonchev–Trinajstić information content (AvgIpc) is 2.94. The molecule has 3 atom stereocenters. The van der Waals surface area contributed by atoms with E-state index in [-0.39, 0.29) is 29.6 Å². The summed E-state index contributed by atoms with van der Waals surface area (Å²) in [6.07, 6.45) is 4.57. The highest BCUT2D eigenvalue weighted by molar-refractivity contribution is 8.14. The first kappa shape index (κ1) is 14.9. The van der Waals surface area contributed by atoms with E-state index in [1.807, 2.05) is 11.9 Å². The van der Waals surface area contributed by atoms with Crippen LogP contribution in [0.2, 0.25) is 0 Å². The van der Waals surface area contributed by atoms with Gasteiger partial charge in [-0.15, -0.1) is 12.4 Å². The zero-order chi connectivity index (χ0) is 12.7. The average molecular weight is 306 g/mol. The number of piperidine rings is 1. The number of nitrogens with zero attached hydrogens (tertiary/aromatic N) is 1. The zero-order valence-corrected chi connectivity index (χ0v) is 12.6. The van der Waals surface area contributed by atoms with Gasteiger partial charge < -0.3 is 15.5 Å². The summed E-state index contributed by atoms with van der Waals surface area (Å²) in [6.45, 7) is 0. The topological polar surface area (TPSA) is 61.4 Å². The number of carbonyl (C=O) groups excluding carboxylic acids is 2. The van der Waals surface area contributed by atoms with Crippen molar-refractivity contribution in [3.8, 4) is 0 Å². The molecule has 0 radical (unpaired) electrons. The Bertz CT molecular complexity index is 370. The van der Waals surface area contributed by atoms with Crippen molar-refractivity contribution in [3.63, 3.8) is 0 Å². The van der Waals surface area contributed by atoms with Crippen molar-refractivity contribution in [2.24, 2.45) is 0 Å². The van der Waals surface area contributed by atoms with Gasteiger partial charge in [0.2, 0.25) is 5.91 Å². The summed E-state index contributed by atoms with van der Waals surface area (Å²) in [5, 5.41) is 6.23. The van der Waals surface area contributed by atoms with Crippen molar-refractivity contribution in [1.29, 1.82) is 0 Å². The maximum atomic E-state index is 12.3. The Hall–Kier alpha value is -0.460. The molecule has 108 valence electrons. The van der Waals surface area contributed by atoms with Crippen molar-refractivity contribution >= 4 is 35.3 Å². The van der Waals surface area contributed by atoms with Crippen LogP contribution in [0.15, 0.2) is 0 Å². The summed E-state index contributed by atoms with van der Waals surface area (Å²) in [6, 6.07) is 1.17.